The molecule has 4 rings (SSSR count). The van der Waals surface area contributed by atoms with Crippen molar-refractivity contribution in [3.8, 4) is 0 Å². The summed E-state index contributed by atoms with van der Waals surface area (Å²) in [5.41, 5.74) is 1.47. The van der Waals surface area contributed by atoms with Gasteiger partial charge in [0, 0.05) is 49.5 Å². The van der Waals surface area contributed by atoms with Crippen LogP contribution in [0, 0.1) is 12.7 Å². The van der Waals surface area contributed by atoms with Crippen molar-refractivity contribution in [1.82, 2.24) is 14.9 Å². The van der Waals surface area contributed by atoms with Gasteiger partial charge in [0.15, 0.2) is 0 Å². The van der Waals surface area contributed by atoms with E-state index in [1.807, 2.05) is 17.9 Å². The number of nitrogens with one attached hydrogen (secondary N) is 1. The van der Waals surface area contributed by atoms with E-state index in [4.69, 9.17) is 4.98 Å². The molecular weight excluding hydrogens is 369 g/mol. The molecule has 1 aliphatic carbocycles. The SMILES string of the molecule is Cc1cc(N2CCN(C(=O)c3ccc(F)cc3)CC2)nc(NC2CCCCC2)n1. The van der Waals surface area contributed by atoms with Gasteiger partial charge in [-0.1, -0.05) is 19.3 Å². The van der Waals surface area contributed by atoms with Crippen LogP contribution in [0.2, 0.25) is 0 Å². The summed E-state index contributed by atoms with van der Waals surface area (Å²) in [5, 5.41) is 3.51. The molecule has 1 saturated heterocycles. The highest BCUT2D eigenvalue weighted by molar-refractivity contribution is 5.94. The summed E-state index contributed by atoms with van der Waals surface area (Å²) in [4.78, 5) is 26.0. The van der Waals surface area contributed by atoms with Crippen molar-refractivity contribution in [2.45, 2.75) is 45.1 Å². The van der Waals surface area contributed by atoms with Gasteiger partial charge in [0.25, 0.3) is 5.91 Å². The van der Waals surface area contributed by atoms with E-state index in [-0.39, 0.29) is 11.7 Å². The molecule has 2 aromatic rings. The van der Waals surface area contributed by atoms with Gasteiger partial charge in [0.2, 0.25) is 5.95 Å². The molecule has 0 unspecified atom stereocenters. The second kappa shape index (κ2) is 8.76. The standard InChI is InChI=1S/C22H28FN5O/c1-16-15-20(26-22(24-16)25-19-5-3-2-4-6-19)27-11-13-28(14-12-27)21(29)17-7-9-18(23)10-8-17/h7-10,15,19H,2-6,11-14H2,1H3,(H,24,25,26). The van der Waals surface area contributed by atoms with Crippen LogP contribution in [0.15, 0.2) is 30.3 Å². The van der Waals surface area contributed by atoms with Crippen molar-refractivity contribution in [2.24, 2.45) is 0 Å². The maximum Gasteiger partial charge on any atom is 0.253 e. The summed E-state index contributed by atoms with van der Waals surface area (Å²) in [6, 6.07) is 8.21. The number of amides is 1. The minimum absolute atomic E-state index is 0.0526. The van der Waals surface area contributed by atoms with Gasteiger partial charge in [-0.05, 0) is 44.0 Å². The molecule has 1 aliphatic heterocycles. The van der Waals surface area contributed by atoms with E-state index in [1.165, 1.54) is 44.2 Å². The first kappa shape index (κ1) is 19.6. The molecular formula is C22H28FN5O. The van der Waals surface area contributed by atoms with E-state index < -0.39 is 0 Å². The Bertz CT molecular complexity index is 843. The smallest absolute Gasteiger partial charge is 0.253 e. The number of hydrogen-bond acceptors (Lipinski definition) is 5. The Morgan fingerprint density at radius 2 is 1.72 bits per heavy atom. The molecule has 0 radical (unpaired) electrons. The van der Waals surface area contributed by atoms with Crippen LogP contribution < -0.4 is 10.2 Å². The fourth-order valence-corrected chi connectivity index (χ4v) is 4.12. The quantitative estimate of drug-likeness (QED) is 0.854. The van der Waals surface area contributed by atoms with Gasteiger partial charge in [-0.25, -0.2) is 9.37 Å². The first-order chi connectivity index (χ1) is 14.1. The number of aromatic nitrogens is 2. The van der Waals surface area contributed by atoms with Crippen molar-refractivity contribution in [3.63, 3.8) is 0 Å². The Labute approximate surface area is 171 Å². The van der Waals surface area contributed by atoms with E-state index in [0.717, 1.165) is 11.5 Å². The zero-order valence-electron chi connectivity index (χ0n) is 16.9. The third kappa shape index (κ3) is 4.83. The summed E-state index contributed by atoms with van der Waals surface area (Å²) >= 11 is 0. The van der Waals surface area contributed by atoms with E-state index >= 15 is 0 Å². The number of anilines is 2. The van der Waals surface area contributed by atoms with Gasteiger partial charge in [0.1, 0.15) is 11.6 Å². The molecule has 1 amide bonds. The van der Waals surface area contributed by atoms with Crippen LogP contribution in [0.25, 0.3) is 0 Å². The topological polar surface area (TPSA) is 61.4 Å². The Kier molecular flexibility index (Phi) is 5.92. The van der Waals surface area contributed by atoms with Crippen LogP contribution in [0.4, 0.5) is 16.2 Å². The third-order valence-electron chi connectivity index (χ3n) is 5.76. The van der Waals surface area contributed by atoms with E-state index in [0.29, 0.717) is 43.7 Å². The molecule has 0 spiro atoms. The zero-order chi connectivity index (χ0) is 20.2. The molecule has 2 fully saturated rings. The molecule has 0 bridgehead atoms. The largest absolute Gasteiger partial charge is 0.353 e. The highest BCUT2D eigenvalue weighted by Gasteiger charge is 2.24. The van der Waals surface area contributed by atoms with Crippen LogP contribution in [-0.2, 0) is 0 Å². The van der Waals surface area contributed by atoms with Crippen molar-refractivity contribution in [2.75, 3.05) is 36.4 Å². The molecule has 0 atom stereocenters. The number of hydrogen-bond donors (Lipinski definition) is 1. The normalized spacial score (nSPS) is 18.0. The molecule has 1 aromatic heterocycles. The molecule has 2 aliphatic rings. The zero-order valence-corrected chi connectivity index (χ0v) is 16.9. The number of carbonyl (C=O) groups excluding carboxylic acids is 1. The molecule has 154 valence electrons. The lowest BCUT2D eigenvalue weighted by Gasteiger charge is -2.35. The van der Waals surface area contributed by atoms with Gasteiger partial charge in [0.05, 0.1) is 0 Å². The van der Waals surface area contributed by atoms with Crippen molar-refractivity contribution < 1.29 is 9.18 Å². The molecule has 6 nitrogen and oxygen atoms in total. The average molecular weight is 397 g/mol. The van der Waals surface area contributed by atoms with Crippen LogP contribution in [-0.4, -0.2) is 53.0 Å². The number of halogens is 1. The van der Waals surface area contributed by atoms with E-state index in [2.05, 4.69) is 15.2 Å². The van der Waals surface area contributed by atoms with Crippen molar-refractivity contribution in [3.05, 3.63) is 47.4 Å². The average Bonchev–Trinajstić information content (AvgIpc) is 2.74. The molecule has 1 N–H and O–H groups in total. The monoisotopic (exact) mass is 397 g/mol. The third-order valence-corrected chi connectivity index (χ3v) is 5.76. The lowest BCUT2D eigenvalue weighted by molar-refractivity contribution is 0.0746. The Morgan fingerprint density at radius 1 is 1.03 bits per heavy atom. The predicted octanol–water partition coefficient (Wildman–Crippen LogP) is 3.63. The molecule has 7 heteroatoms. The second-order valence-electron chi connectivity index (χ2n) is 7.96. The summed E-state index contributed by atoms with van der Waals surface area (Å²) in [6.07, 6.45) is 6.20. The van der Waals surface area contributed by atoms with Gasteiger partial charge in [-0.3, -0.25) is 4.79 Å². The number of rotatable bonds is 4. The maximum atomic E-state index is 13.1. The Hall–Kier alpha value is -2.70. The second-order valence-corrected chi connectivity index (χ2v) is 7.96. The number of carbonyl (C=O) groups is 1. The number of aryl methyl sites for hydroxylation is 1. The van der Waals surface area contributed by atoms with Crippen LogP contribution in [0.5, 0.6) is 0 Å². The molecule has 1 aromatic carbocycles. The summed E-state index contributed by atoms with van der Waals surface area (Å²) in [6.45, 7) is 4.65. The van der Waals surface area contributed by atoms with Crippen LogP contribution >= 0.6 is 0 Å². The first-order valence-electron chi connectivity index (χ1n) is 10.5. The molecule has 1 saturated carbocycles. The van der Waals surface area contributed by atoms with E-state index in [9.17, 15) is 9.18 Å². The fourth-order valence-electron chi connectivity index (χ4n) is 4.12. The minimum atomic E-state index is -0.330. The summed E-state index contributed by atoms with van der Waals surface area (Å²) < 4.78 is 13.1. The van der Waals surface area contributed by atoms with Gasteiger partial charge < -0.3 is 15.1 Å². The fraction of sp³-hybridized carbons (Fsp3) is 0.500. The lowest BCUT2D eigenvalue weighted by atomic mass is 9.96. The minimum Gasteiger partial charge on any atom is -0.353 e. The van der Waals surface area contributed by atoms with Crippen molar-refractivity contribution in [1.29, 1.82) is 0 Å². The summed E-state index contributed by atoms with van der Waals surface area (Å²) in [5.74, 6) is 1.23. The highest BCUT2D eigenvalue weighted by atomic mass is 19.1. The summed E-state index contributed by atoms with van der Waals surface area (Å²) in [7, 11) is 0. The van der Waals surface area contributed by atoms with E-state index in [1.54, 1.807) is 12.1 Å². The highest BCUT2D eigenvalue weighted by Crippen LogP contribution is 2.22. The molecule has 2 heterocycles. The lowest BCUT2D eigenvalue weighted by Crippen LogP contribution is -2.49. The van der Waals surface area contributed by atoms with Crippen molar-refractivity contribution >= 4 is 17.7 Å². The molecule has 29 heavy (non-hydrogen) atoms. The Balaban J connectivity index is 1.38. The predicted molar refractivity (Wildman–Crippen MR) is 112 cm³/mol. The van der Waals surface area contributed by atoms with Crippen LogP contribution in [0.3, 0.4) is 0 Å². The Morgan fingerprint density at radius 3 is 2.41 bits per heavy atom. The number of benzene rings is 1. The van der Waals surface area contributed by atoms with Gasteiger partial charge >= 0.3 is 0 Å². The van der Waals surface area contributed by atoms with Gasteiger partial charge in [-0.15, -0.1) is 0 Å². The number of nitrogens with zero attached hydrogens (tertiary/aromatic N) is 4. The first-order valence-corrected chi connectivity index (χ1v) is 10.5. The maximum absolute atomic E-state index is 13.1. The van der Waals surface area contributed by atoms with Gasteiger partial charge in [-0.2, -0.15) is 4.98 Å². The van der Waals surface area contributed by atoms with Crippen LogP contribution in [0.1, 0.15) is 48.2 Å². The number of piperazine rings is 1.